The summed E-state index contributed by atoms with van der Waals surface area (Å²) in [7, 11) is 0. The van der Waals surface area contributed by atoms with Crippen LogP contribution in [-0.2, 0) is 19.4 Å². The number of rotatable bonds is 28. The van der Waals surface area contributed by atoms with Crippen molar-refractivity contribution >= 4 is 11.9 Å². The van der Waals surface area contributed by atoms with Crippen LogP contribution < -0.4 is 0 Å². The minimum atomic E-state index is -3.01. The smallest absolute Gasteiger partial charge is 0.343 e. The molecule has 0 aromatic heterocycles. The van der Waals surface area contributed by atoms with E-state index in [0.717, 1.165) is 51.4 Å². The van der Waals surface area contributed by atoms with Crippen molar-refractivity contribution in [2.24, 2.45) is 11.8 Å². The standard InChI is InChI=1S/C34H64O7/c1-4-7-9-11-13-15-16-17-18-19-20-21-23-25-27-29-32(35)40-41-33(36)30(31(6-3)34(37,38)39)28-26-24-22-14-12-10-8-5-2/h17-18,30-31,37-39H,4-16,19-29H2,1-3H3/b18-17-. The molecule has 0 radical (unpaired) electrons. The van der Waals surface area contributed by atoms with Crippen LogP contribution >= 0.6 is 0 Å². The van der Waals surface area contributed by atoms with Gasteiger partial charge in [-0.05, 0) is 44.9 Å². The molecule has 0 aliphatic heterocycles. The molecule has 242 valence electrons. The Morgan fingerprint density at radius 2 is 1.05 bits per heavy atom. The van der Waals surface area contributed by atoms with Crippen LogP contribution in [0.25, 0.3) is 0 Å². The number of allylic oxidation sites excluding steroid dienone is 2. The number of hydrogen-bond donors (Lipinski definition) is 3. The predicted molar refractivity (Wildman–Crippen MR) is 166 cm³/mol. The van der Waals surface area contributed by atoms with E-state index in [9.17, 15) is 24.9 Å². The largest absolute Gasteiger partial charge is 0.359 e. The summed E-state index contributed by atoms with van der Waals surface area (Å²) in [6.45, 7) is 6.09. The van der Waals surface area contributed by atoms with E-state index < -0.39 is 29.7 Å². The monoisotopic (exact) mass is 584 g/mol. The Kier molecular flexibility index (Phi) is 26.4. The SMILES string of the molecule is CCCCCCCC/C=C\CCCCCCCC(=O)OOC(=O)C(CCCCCCCCCC)C(CC)C(O)(O)O. The second-order valence-electron chi connectivity index (χ2n) is 11.8. The average Bonchev–Trinajstić information content (AvgIpc) is 2.93. The Balaban J connectivity index is 4.13. The maximum atomic E-state index is 12.7. The van der Waals surface area contributed by atoms with Gasteiger partial charge in [0.05, 0.1) is 18.3 Å². The average molecular weight is 585 g/mol. The fourth-order valence-corrected chi connectivity index (χ4v) is 5.34. The summed E-state index contributed by atoms with van der Waals surface area (Å²) in [6.07, 6.45) is 29.0. The fourth-order valence-electron chi connectivity index (χ4n) is 5.34. The summed E-state index contributed by atoms with van der Waals surface area (Å²) in [4.78, 5) is 34.4. The number of aliphatic hydroxyl groups is 3. The second kappa shape index (κ2) is 27.4. The van der Waals surface area contributed by atoms with Crippen molar-refractivity contribution < 1.29 is 34.7 Å². The Hall–Kier alpha value is -1.44. The molecule has 0 amide bonds. The van der Waals surface area contributed by atoms with E-state index in [2.05, 4.69) is 26.0 Å². The highest BCUT2D eigenvalue weighted by Crippen LogP contribution is 2.30. The lowest BCUT2D eigenvalue weighted by Gasteiger charge is -2.30. The lowest BCUT2D eigenvalue weighted by Crippen LogP contribution is -2.44. The van der Waals surface area contributed by atoms with Crippen LogP contribution in [0.15, 0.2) is 12.2 Å². The molecular formula is C34H64O7. The van der Waals surface area contributed by atoms with Gasteiger partial charge in [-0.2, -0.15) is 0 Å². The van der Waals surface area contributed by atoms with Gasteiger partial charge in [-0.1, -0.05) is 136 Å². The molecule has 0 saturated heterocycles. The predicted octanol–water partition coefficient (Wildman–Crippen LogP) is 8.83. The zero-order valence-corrected chi connectivity index (χ0v) is 26.8. The van der Waals surface area contributed by atoms with E-state index in [1.165, 1.54) is 70.6 Å². The van der Waals surface area contributed by atoms with Crippen molar-refractivity contribution in [2.75, 3.05) is 0 Å². The summed E-state index contributed by atoms with van der Waals surface area (Å²) in [6, 6.07) is 0. The first kappa shape index (κ1) is 39.6. The molecule has 41 heavy (non-hydrogen) atoms. The Morgan fingerprint density at radius 1 is 0.610 bits per heavy atom. The molecule has 0 bridgehead atoms. The Morgan fingerprint density at radius 3 is 1.51 bits per heavy atom. The molecule has 7 nitrogen and oxygen atoms in total. The van der Waals surface area contributed by atoms with Gasteiger partial charge in [-0.3, -0.25) is 0 Å². The molecule has 2 atom stereocenters. The van der Waals surface area contributed by atoms with E-state index >= 15 is 0 Å². The molecule has 0 aromatic carbocycles. The minimum Gasteiger partial charge on any atom is -0.343 e. The Labute approximate surface area is 251 Å². The molecule has 0 spiro atoms. The van der Waals surface area contributed by atoms with E-state index in [0.29, 0.717) is 19.3 Å². The molecule has 2 unspecified atom stereocenters. The second-order valence-corrected chi connectivity index (χ2v) is 11.8. The van der Waals surface area contributed by atoms with Gasteiger partial charge in [-0.25, -0.2) is 19.4 Å². The van der Waals surface area contributed by atoms with Crippen LogP contribution in [0.4, 0.5) is 0 Å². The zero-order chi connectivity index (χ0) is 30.6. The van der Waals surface area contributed by atoms with E-state index in [4.69, 9.17) is 9.78 Å². The Bertz CT molecular complexity index is 641. The highest BCUT2D eigenvalue weighted by molar-refractivity contribution is 5.74. The van der Waals surface area contributed by atoms with Gasteiger partial charge in [0.15, 0.2) is 0 Å². The molecule has 0 heterocycles. The first-order valence-corrected chi connectivity index (χ1v) is 17.0. The zero-order valence-electron chi connectivity index (χ0n) is 26.8. The van der Waals surface area contributed by atoms with E-state index in [-0.39, 0.29) is 12.8 Å². The van der Waals surface area contributed by atoms with Crippen molar-refractivity contribution in [3.8, 4) is 0 Å². The number of carbonyl (C=O) groups excluding carboxylic acids is 2. The third-order valence-corrected chi connectivity index (χ3v) is 7.95. The highest BCUT2D eigenvalue weighted by Gasteiger charge is 2.42. The summed E-state index contributed by atoms with van der Waals surface area (Å²) in [5.41, 5.74) is 0. The van der Waals surface area contributed by atoms with Crippen LogP contribution in [0.2, 0.25) is 0 Å². The van der Waals surface area contributed by atoms with Gasteiger partial charge < -0.3 is 15.3 Å². The lowest BCUT2D eigenvalue weighted by atomic mass is 9.84. The van der Waals surface area contributed by atoms with Gasteiger partial charge >= 0.3 is 11.9 Å². The van der Waals surface area contributed by atoms with Gasteiger partial charge in [0.2, 0.25) is 0 Å². The van der Waals surface area contributed by atoms with Crippen LogP contribution in [-0.4, -0.2) is 33.2 Å². The van der Waals surface area contributed by atoms with Crippen LogP contribution in [0, 0.1) is 11.8 Å². The van der Waals surface area contributed by atoms with Crippen molar-refractivity contribution in [2.45, 2.75) is 181 Å². The highest BCUT2D eigenvalue weighted by atomic mass is 17.2. The molecule has 0 aliphatic rings. The van der Waals surface area contributed by atoms with Crippen LogP contribution in [0.5, 0.6) is 0 Å². The lowest BCUT2D eigenvalue weighted by molar-refractivity contribution is -0.352. The summed E-state index contributed by atoms with van der Waals surface area (Å²) < 4.78 is 0. The third-order valence-electron chi connectivity index (χ3n) is 7.95. The van der Waals surface area contributed by atoms with Crippen LogP contribution in [0.3, 0.4) is 0 Å². The normalized spacial score (nSPS) is 13.4. The van der Waals surface area contributed by atoms with Gasteiger partial charge in [0.1, 0.15) is 0 Å². The van der Waals surface area contributed by atoms with Crippen molar-refractivity contribution in [3.63, 3.8) is 0 Å². The summed E-state index contributed by atoms with van der Waals surface area (Å²) in [5.74, 6) is -6.58. The van der Waals surface area contributed by atoms with E-state index in [1.54, 1.807) is 6.92 Å². The molecular weight excluding hydrogens is 520 g/mol. The maximum absolute atomic E-state index is 12.7. The number of carbonyl (C=O) groups is 2. The third kappa shape index (κ3) is 23.8. The van der Waals surface area contributed by atoms with Crippen molar-refractivity contribution in [1.29, 1.82) is 0 Å². The molecule has 0 rings (SSSR count). The van der Waals surface area contributed by atoms with Gasteiger partial charge in [0.25, 0.3) is 5.97 Å². The van der Waals surface area contributed by atoms with Gasteiger partial charge in [0, 0.05) is 0 Å². The van der Waals surface area contributed by atoms with Crippen LogP contribution in [0.1, 0.15) is 175 Å². The molecule has 0 aliphatic carbocycles. The molecule has 0 fully saturated rings. The molecule has 0 aromatic rings. The van der Waals surface area contributed by atoms with Crippen molar-refractivity contribution in [1.82, 2.24) is 0 Å². The first-order valence-electron chi connectivity index (χ1n) is 17.0. The number of unbranched alkanes of at least 4 members (excludes halogenated alkanes) is 18. The molecule has 7 heteroatoms. The maximum Gasteiger partial charge on any atom is 0.359 e. The topological polar surface area (TPSA) is 113 Å². The number of hydrogen-bond acceptors (Lipinski definition) is 7. The molecule has 0 saturated carbocycles. The summed E-state index contributed by atoms with van der Waals surface area (Å²) in [5, 5.41) is 29.4. The van der Waals surface area contributed by atoms with Crippen molar-refractivity contribution in [3.05, 3.63) is 12.2 Å². The summed E-state index contributed by atoms with van der Waals surface area (Å²) >= 11 is 0. The minimum absolute atomic E-state index is 0.156. The quantitative estimate of drug-likeness (QED) is 0.0277. The first-order chi connectivity index (χ1) is 19.8. The van der Waals surface area contributed by atoms with E-state index in [1.807, 2.05) is 0 Å². The molecule has 3 N–H and O–H groups in total. The van der Waals surface area contributed by atoms with Gasteiger partial charge in [-0.15, -0.1) is 0 Å². The fraction of sp³-hybridized carbons (Fsp3) is 0.882.